The number of nitrogens with one attached hydrogen (secondary N) is 2. The van der Waals surface area contributed by atoms with Gasteiger partial charge >= 0.3 is 11.9 Å². The van der Waals surface area contributed by atoms with Crippen LogP contribution in [0.15, 0.2) is 24.3 Å². The number of benzene rings is 1. The summed E-state index contributed by atoms with van der Waals surface area (Å²) in [5.41, 5.74) is 0.725. The van der Waals surface area contributed by atoms with Crippen LogP contribution in [0.4, 0.5) is 0 Å². The van der Waals surface area contributed by atoms with Gasteiger partial charge in [-0.15, -0.1) is 0 Å². The minimum absolute atomic E-state index is 0.0328. The summed E-state index contributed by atoms with van der Waals surface area (Å²) in [6.45, 7) is 11.0. The van der Waals surface area contributed by atoms with E-state index in [-0.39, 0.29) is 36.4 Å². The maximum Gasteiger partial charge on any atom is 0.308 e. The quantitative estimate of drug-likeness (QED) is 0.138. The van der Waals surface area contributed by atoms with Gasteiger partial charge in [0, 0.05) is 38.4 Å². The number of nitrogens with zero attached hydrogens (tertiary/aromatic N) is 1. The molecule has 3 fully saturated rings. The van der Waals surface area contributed by atoms with Crippen LogP contribution in [0.3, 0.4) is 0 Å². The average Bonchev–Trinajstić information content (AvgIpc) is 3.21. The molecule has 2 amide bonds. The van der Waals surface area contributed by atoms with Crippen molar-refractivity contribution in [3.05, 3.63) is 29.8 Å². The molecule has 3 heterocycles. The van der Waals surface area contributed by atoms with Crippen molar-refractivity contribution in [2.24, 2.45) is 11.8 Å². The molecule has 18 nitrogen and oxygen atoms in total. The molecule has 0 radical (unpaired) electrons. The van der Waals surface area contributed by atoms with Crippen molar-refractivity contribution in [3.8, 4) is 5.75 Å². The summed E-state index contributed by atoms with van der Waals surface area (Å²) in [7, 11) is 0. The predicted molar refractivity (Wildman–Crippen MR) is 205 cm³/mol. The topological polar surface area (TPSA) is 252 Å². The number of hydrogen-bond acceptors (Lipinski definition) is 16. The zero-order valence-corrected chi connectivity index (χ0v) is 34.2. The fourth-order valence-electron chi connectivity index (χ4n) is 6.88. The van der Waals surface area contributed by atoms with Gasteiger partial charge in [-0.05, 0) is 56.8 Å². The summed E-state index contributed by atoms with van der Waals surface area (Å²) in [4.78, 5) is 52.2. The van der Waals surface area contributed by atoms with Gasteiger partial charge in [-0.1, -0.05) is 39.8 Å². The molecule has 0 unspecified atom stereocenters. The van der Waals surface area contributed by atoms with Gasteiger partial charge in [0.05, 0.1) is 18.6 Å². The van der Waals surface area contributed by atoms with E-state index >= 15 is 0 Å². The number of esters is 2. The molecule has 0 aromatic heterocycles. The van der Waals surface area contributed by atoms with Crippen LogP contribution in [-0.2, 0) is 42.9 Å². The SMILES string of the molecule is CC[C@H](C)C(=O)OC[C@H]1O[C@@H](O[C@H]2[C@H](Oc3ccc([C@@H]4CC(=O)NCCCN(C(=O)[C@@H](C)CC)C[C@H](OC(C)=O)CCN4)cc3)O[C@@H](C)[C@H](O)[C@H]2O)[C@H](O)[C@@H](O)[C@@H]1O. The smallest absolute Gasteiger partial charge is 0.308 e. The molecule has 18 heteroatoms. The van der Waals surface area contributed by atoms with Gasteiger partial charge in [-0.3, -0.25) is 19.2 Å². The molecule has 3 aliphatic rings. The van der Waals surface area contributed by atoms with Gasteiger partial charge < -0.3 is 69.5 Å². The molecule has 0 aliphatic carbocycles. The van der Waals surface area contributed by atoms with E-state index in [4.69, 9.17) is 28.4 Å². The Bertz CT molecular complexity index is 1490. The molecule has 58 heavy (non-hydrogen) atoms. The lowest BCUT2D eigenvalue weighted by Gasteiger charge is -2.45. The average molecular weight is 826 g/mol. The highest BCUT2D eigenvalue weighted by Crippen LogP contribution is 2.31. The van der Waals surface area contributed by atoms with Gasteiger partial charge in [0.15, 0.2) is 12.4 Å². The Morgan fingerprint density at radius 1 is 0.897 bits per heavy atom. The van der Waals surface area contributed by atoms with Crippen molar-refractivity contribution in [1.29, 1.82) is 0 Å². The fraction of sp³-hybridized carbons (Fsp3) is 0.750. The van der Waals surface area contributed by atoms with Crippen molar-refractivity contribution in [3.63, 3.8) is 0 Å². The first-order valence-electron chi connectivity index (χ1n) is 20.3. The van der Waals surface area contributed by atoms with Crippen molar-refractivity contribution in [2.45, 2.75) is 147 Å². The van der Waals surface area contributed by atoms with Gasteiger partial charge in [-0.2, -0.15) is 0 Å². The third-order valence-electron chi connectivity index (χ3n) is 11.0. The summed E-state index contributed by atoms with van der Waals surface area (Å²) in [6, 6.07) is 6.24. The number of aliphatic hydroxyl groups excluding tert-OH is 5. The molecule has 7 N–H and O–H groups in total. The van der Waals surface area contributed by atoms with Gasteiger partial charge in [-0.25, -0.2) is 0 Å². The second-order valence-electron chi connectivity index (χ2n) is 15.5. The van der Waals surface area contributed by atoms with Crippen LogP contribution in [-0.4, -0.2) is 154 Å². The lowest BCUT2D eigenvalue weighted by Crippen LogP contribution is -2.64. The summed E-state index contributed by atoms with van der Waals surface area (Å²) < 4.78 is 34.5. The van der Waals surface area contributed by atoms with E-state index < -0.39 is 98.0 Å². The van der Waals surface area contributed by atoms with E-state index in [1.807, 2.05) is 13.8 Å². The Morgan fingerprint density at radius 3 is 2.24 bits per heavy atom. The van der Waals surface area contributed by atoms with Crippen molar-refractivity contribution >= 4 is 23.8 Å². The molecule has 3 saturated heterocycles. The number of carbonyl (C=O) groups excluding carboxylic acids is 4. The van der Waals surface area contributed by atoms with E-state index in [9.17, 15) is 44.7 Å². The Labute approximate surface area is 339 Å². The normalized spacial score (nSPS) is 33.9. The minimum atomic E-state index is -1.81. The number of carbonyl (C=O) groups is 4. The summed E-state index contributed by atoms with van der Waals surface area (Å²) in [5.74, 6) is -1.60. The van der Waals surface area contributed by atoms with Gasteiger partial charge in [0.25, 0.3) is 0 Å². The third kappa shape index (κ3) is 12.8. The monoisotopic (exact) mass is 825 g/mol. The molecular formula is C40H63N3O15. The Hall–Kier alpha value is -3.46. The second kappa shape index (κ2) is 22.2. The van der Waals surface area contributed by atoms with Crippen LogP contribution in [0.2, 0.25) is 0 Å². The second-order valence-corrected chi connectivity index (χ2v) is 15.5. The lowest BCUT2D eigenvalue weighted by atomic mass is 9.97. The van der Waals surface area contributed by atoms with Crippen molar-refractivity contribution < 1.29 is 73.1 Å². The Balaban J connectivity index is 1.47. The van der Waals surface area contributed by atoms with Crippen LogP contribution in [0.5, 0.6) is 5.75 Å². The Kier molecular flexibility index (Phi) is 18.1. The van der Waals surface area contributed by atoms with Crippen molar-refractivity contribution in [1.82, 2.24) is 15.5 Å². The largest absolute Gasteiger partial charge is 0.463 e. The van der Waals surface area contributed by atoms with Crippen molar-refractivity contribution in [2.75, 3.05) is 32.8 Å². The molecule has 328 valence electrons. The van der Waals surface area contributed by atoms with E-state index in [1.165, 1.54) is 13.8 Å². The molecule has 0 saturated carbocycles. The highest BCUT2D eigenvalue weighted by atomic mass is 16.8. The van der Waals surface area contributed by atoms with E-state index in [0.717, 1.165) is 5.56 Å². The summed E-state index contributed by atoms with van der Waals surface area (Å²) in [5, 5.41) is 60.1. The third-order valence-corrected chi connectivity index (χ3v) is 11.0. The molecule has 0 spiro atoms. The van der Waals surface area contributed by atoms with Crippen LogP contribution in [0.1, 0.15) is 85.3 Å². The molecule has 3 aliphatic heterocycles. The number of rotatable bonds is 12. The van der Waals surface area contributed by atoms with E-state index in [1.54, 1.807) is 43.0 Å². The van der Waals surface area contributed by atoms with E-state index in [2.05, 4.69) is 10.6 Å². The first-order valence-corrected chi connectivity index (χ1v) is 20.3. The maximum atomic E-state index is 13.2. The fourth-order valence-corrected chi connectivity index (χ4v) is 6.88. The number of ether oxygens (including phenoxy) is 6. The number of aliphatic hydroxyl groups is 5. The summed E-state index contributed by atoms with van der Waals surface area (Å²) >= 11 is 0. The van der Waals surface area contributed by atoms with Crippen LogP contribution >= 0.6 is 0 Å². The lowest BCUT2D eigenvalue weighted by molar-refractivity contribution is -0.355. The molecule has 0 bridgehead atoms. The van der Waals surface area contributed by atoms with Crippen LogP contribution in [0.25, 0.3) is 0 Å². The van der Waals surface area contributed by atoms with Crippen LogP contribution in [0, 0.1) is 11.8 Å². The molecule has 1 aromatic rings. The molecular weight excluding hydrogens is 762 g/mol. The summed E-state index contributed by atoms with van der Waals surface area (Å²) in [6.07, 6.45) is -13.4. The first kappa shape index (κ1) is 47.2. The minimum Gasteiger partial charge on any atom is -0.463 e. The van der Waals surface area contributed by atoms with E-state index in [0.29, 0.717) is 45.3 Å². The molecule has 14 atom stereocenters. The Morgan fingerprint density at radius 2 is 1.59 bits per heavy atom. The first-order chi connectivity index (χ1) is 27.5. The number of hydrogen-bond donors (Lipinski definition) is 7. The maximum absolute atomic E-state index is 13.2. The zero-order valence-electron chi connectivity index (χ0n) is 34.2. The molecule has 4 rings (SSSR count). The highest BCUT2D eigenvalue weighted by Gasteiger charge is 2.51. The number of amides is 2. The zero-order chi connectivity index (χ0) is 42.7. The standard InChI is InChI=1S/C40H63N3O15/c1-7-21(3)37(51)43-17-9-15-42-30(45)18-28(41-16-14-27(19-43)55-24(6)44)25-10-12-26(13-11-25)56-40-36(34(49)31(46)23(5)54-40)58-39-35(50)33(48)32(47)29(57-39)20-53-38(52)22(4)8-2/h10-13,21-23,27-29,31-36,39-41,46-50H,7-9,14-20H2,1-6H3,(H,42,45)/t21-,22-,23-,27+,28-,29+,31-,32+,33-,34+,35+,36+,39-,40-/m0/s1. The van der Waals surface area contributed by atoms with Gasteiger partial charge in [0.2, 0.25) is 18.1 Å². The molecule has 1 aromatic carbocycles. The highest BCUT2D eigenvalue weighted by molar-refractivity contribution is 5.78. The predicted octanol–water partition coefficient (Wildman–Crippen LogP) is 0.0513. The van der Waals surface area contributed by atoms with Gasteiger partial charge in [0.1, 0.15) is 55.1 Å². The van der Waals surface area contributed by atoms with Crippen LogP contribution < -0.4 is 15.4 Å².